The van der Waals surface area contributed by atoms with Crippen molar-refractivity contribution in [2.75, 3.05) is 12.8 Å². The molecule has 18 heavy (non-hydrogen) atoms. The molecule has 6 heteroatoms. The predicted octanol–water partition coefficient (Wildman–Crippen LogP) is 2.85. The summed E-state index contributed by atoms with van der Waals surface area (Å²) in [5, 5.41) is 2.98. The summed E-state index contributed by atoms with van der Waals surface area (Å²) in [7, 11) is -3.02. The van der Waals surface area contributed by atoms with Crippen molar-refractivity contribution in [3.05, 3.63) is 20.8 Å². The molecule has 0 saturated carbocycles. The highest BCUT2D eigenvalue weighted by Gasteiger charge is 2.25. The van der Waals surface area contributed by atoms with Gasteiger partial charge in [-0.05, 0) is 54.4 Å². The van der Waals surface area contributed by atoms with Gasteiger partial charge >= 0.3 is 0 Å². The van der Waals surface area contributed by atoms with E-state index >= 15 is 0 Å². The van der Waals surface area contributed by atoms with E-state index in [1.54, 1.807) is 18.3 Å². The second kappa shape index (κ2) is 7.03. The molecule has 0 spiro atoms. The average molecular weight is 354 g/mol. The number of nitrogens with one attached hydrogen (secondary N) is 1. The van der Waals surface area contributed by atoms with E-state index in [1.807, 2.05) is 12.1 Å². The molecule has 1 rings (SSSR count). The minimum atomic E-state index is -3.02. The molecule has 0 aliphatic rings. The van der Waals surface area contributed by atoms with Crippen LogP contribution in [0.1, 0.15) is 25.1 Å². The van der Waals surface area contributed by atoms with E-state index in [9.17, 15) is 8.42 Å². The SMILES string of the molecule is CCCNC(Cc1ccc(Br)s1)C(C)S(C)(=O)=O. The van der Waals surface area contributed by atoms with Crippen molar-refractivity contribution < 1.29 is 8.42 Å². The lowest BCUT2D eigenvalue weighted by Crippen LogP contribution is -2.44. The van der Waals surface area contributed by atoms with E-state index in [2.05, 4.69) is 28.2 Å². The van der Waals surface area contributed by atoms with E-state index in [0.717, 1.165) is 23.2 Å². The lowest BCUT2D eigenvalue weighted by molar-refractivity contribution is 0.484. The van der Waals surface area contributed by atoms with E-state index in [1.165, 1.54) is 11.1 Å². The standard InChI is InChI=1S/C12H20BrNO2S2/c1-4-7-14-11(9(2)18(3,15)16)8-10-5-6-12(13)17-10/h5-6,9,11,14H,4,7-8H2,1-3H3. The second-order valence-corrected chi connectivity index (χ2v) is 9.46. The lowest BCUT2D eigenvalue weighted by atomic mass is 10.1. The molecule has 0 aliphatic heterocycles. The fraction of sp³-hybridized carbons (Fsp3) is 0.667. The number of sulfone groups is 1. The molecule has 1 N–H and O–H groups in total. The van der Waals surface area contributed by atoms with Crippen LogP contribution in [0.15, 0.2) is 15.9 Å². The van der Waals surface area contributed by atoms with E-state index in [0.29, 0.717) is 0 Å². The first-order valence-corrected chi connectivity index (χ1v) is 9.57. The maximum absolute atomic E-state index is 11.7. The first-order valence-electron chi connectivity index (χ1n) is 6.01. The van der Waals surface area contributed by atoms with Crippen molar-refractivity contribution in [2.24, 2.45) is 0 Å². The molecule has 0 aromatic carbocycles. The molecule has 0 saturated heterocycles. The van der Waals surface area contributed by atoms with Crippen LogP contribution < -0.4 is 5.32 Å². The van der Waals surface area contributed by atoms with Crippen molar-refractivity contribution in [3.8, 4) is 0 Å². The summed E-state index contributed by atoms with van der Waals surface area (Å²) >= 11 is 5.09. The van der Waals surface area contributed by atoms with Gasteiger partial charge in [0.1, 0.15) is 0 Å². The molecule has 3 nitrogen and oxygen atoms in total. The maximum atomic E-state index is 11.7. The Labute approximate surface area is 122 Å². The van der Waals surface area contributed by atoms with Crippen LogP contribution in [-0.2, 0) is 16.3 Å². The second-order valence-electron chi connectivity index (χ2n) is 4.51. The van der Waals surface area contributed by atoms with Crippen molar-refractivity contribution in [1.82, 2.24) is 5.32 Å². The summed E-state index contributed by atoms with van der Waals surface area (Å²) < 4.78 is 24.5. The summed E-state index contributed by atoms with van der Waals surface area (Å²) in [6.45, 7) is 4.71. The van der Waals surface area contributed by atoms with Crippen LogP contribution >= 0.6 is 27.3 Å². The summed E-state index contributed by atoms with van der Waals surface area (Å²) in [4.78, 5) is 1.20. The monoisotopic (exact) mass is 353 g/mol. The minimum Gasteiger partial charge on any atom is -0.312 e. The zero-order valence-corrected chi connectivity index (χ0v) is 14.2. The zero-order valence-electron chi connectivity index (χ0n) is 10.9. The van der Waals surface area contributed by atoms with Crippen molar-refractivity contribution in [2.45, 2.75) is 38.0 Å². The smallest absolute Gasteiger partial charge is 0.151 e. The summed E-state index contributed by atoms with van der Waals surface area (Å²) in [5.41, 5.74) is 0. The molecule has 0 amide bonds. The summed E-state index contributed by atoms with van der Waals surface area (Å²) in [5.74, 6) is 0. The Bertz CT molecular complexity index is 470. The number of rotatable bonds is 7. The summed E-state index contributed by atoms with van der Waals surface area (Å²) in [6.07, 6.45) is 3.06. The van der Waals surface area contributed by atoms with Gasteiger partial charge in [-0.25, -0.2) is 8.42 Å². The largest absolute Gasteiger partial charge is 0.312 e. The molecule has 1 aromatic heterocycles. The van der Waals surface area contributed by atoms with Gasteiger partial charge in [-0.1, -0.05) is 6.92 Å². The highest BCUT2D eigenvalue weighted by molar-refractivity contribution is 9.11. The normalized spacial score (nSPS) is 15.6. The van der Waals surface area contributed by atoms with E-state index in [4.69, 9.17) is 0 Å². The molecule has 0 radical (unpaired) electrons. The van der Waals surface area contributed by atoms with E-state index in [-0.39, 0.29) is 11.3 Å². The molecular formula is C12H20BrNO2S2. The highest BCUT2D eigenvalue weighted by Crippen LogP contribution is 2.24. The third kappa shape index (κ3) is 4.99. The molecular weight excluding hydrogens is 334 g/mol. The topological polar surface area (TPSA) is 46.2 Å². The van der Waals surface area contributed by atoms with Gasteiger partial charge in [-0.3, -0.25) is 0 Å². The Hall–Kier alpha value is 0.0900. The molecule has 2 unspecified atom stereocenters. The van der Waals surface area contributed by atoms with Gasteiger partial charge in [-0.2, -0.15) is 0 Å². The van der Waals surface area contributed by atoms with Crippen molar-refractivity contribution >= 4 is 37.1 Å². The first-order chi connectivity index (χ1) is 8.34. The van der Waals surface area contributed by atoms with E-state index < -0.39 is 9.84 Å². The summed E-state index contributed by atoms with van der Waals surface area (Å²) in [6, 6.07) is 4.03. The minimum absolute atomic E-state index is 0.0227. The quantitative estimate of drug-likeness (QED) is 0.819. The van der Waals surface area contributed by atoms with Crippen LogP contribution in [0.5, 0.6) is 0 Å². The Morgan fingerprint density at radius 3 is 2.56 bits per heavy atom. The van der Waals surface area contributed by atoms with Gasteiger partial charge in [0.15, 0.2) is 9.84 Å². The van der Waals surface area contributed by atoms with Gasteiger partial charge < -0.3 is 5.32 Å². The number of thiophene rings is 1. The third-order valence-corrected chi connectivity index (χ3v) is 6.27. The van der Waals surface area contributed by atoms with Crippen molar-refractivity contribution in [3.63, 3.8) is 0 Å². The fourth-order valence-corrected chi connectivity index (χ4v) is 4.04. The molecule has 1 aromatic rings. The Morgan fingerprint density at radius 1 is 1.44 bits per heavy atom. The fourth-order valence-electron chi connectivity index (χ4n) is 1.71. The van der Waals surface area contributed by atoms with Crippen LogP contribution in [0.25, 0.3) is 0 Å². The number of hydrogen-bond acceptors (Lipinski definition) is 4. The van der Waals surface area contributed by atoms with Gasteiger partial charge in [0.05, 0.1) is 9.04 Å². The maximum Gasteiger partial charge on any atom is 0.151 e. The third-order valence-electron chi connectivity index (χ3n) is 2.95. The van der Waals surface area contributed by atoms with Crippen LogP contribution in [0.3, 0.4) is 0 Å². The van der Waals surface area contributed by atoms with Crippen LogP contribution in [-0.4, -0.2) is 32.5 Å². The first kappa shape index (κ1) is 16.1. The van der Waals surface area contributed by atoms with Gasteiger partial charge in [0.25, 0.3) is 0 Å². The van der Waals surface area contributed by atoms with Crippen LogP contribution in [0.4, 0.5) is 0 Å². The Balaban J connectivity index is 2.78. The van der Waals surface area contributed by atoms with Gasteiger partial charge in [-0.15, -0.1) is 11.3 Å². The van der Waals surface area contributed by atoms with Gasteiger partial charge in [0.2, 0.25) is 0 Å². The van der Waals surface area contributed by atoms with Crippen LogP contribution in [0, 0.1) is 0 Å². The Morgan fingerprint density at radius 2 is 2.11 bits per heavy atom. The molecule has 0 aliphatic carbocycles. The zero-order chi connectivity index (χ0) is 13.8. The number of hydrogen-bond donors (Lipinski definition) is 1. The highest BCUT2D eigenvalue weighted by atomic mass is 79.9. The number of halogens is 1. The van der Waals surface area contributed by atoms with Crippen LogP contribution in [0.2, 0.25) is 0 Å². The van der Waals surface area contributed by atoms with Crippen molar-refractivity contribution in [1.29, 1.82) is 0 Å². The molecule has 104 valence electrons. The Kier molecular flexibility index (Phi) is 6.30. The average Bonchev–Trinajstić information content (AvgIpc) is 2.68. The lowest BCUT2D eigenvalue weighted by Gasteiger charge is -2.23. The molecule has 2 atom stereocenters. The molecule has 1 heterocycles. The van der Waals surface area contributed by atoms with Gasteiger partial charge in [0, 0.05) is 17.2 Å². The molecule has 0 fully saturated rings. The molecule has 0 bridgehead atoms. The predicted molar refractivity (Wildman–Crippen MR) is 82.1 cm³/mol.